The summed E-state index contributed by atoms with van der Waals surface area (Å²) in [5, 5.41) is 7.24. The van der Waals surface area contributed by atoms with Crippen LogP contribution >= 0.6 is 11.3 Å². The summed E-state index contributed by atoms with van der Waals surface area (Å²) in [7, 11) is 3.34. The molecule has 0 spiro atoms. The van der Waals surface area contributed by atoms with Crippen LogP contribution < -0.4 is 14.8 Å². The molecule has 2 aromatic heterocycles. The first kappa shape index (κ1) is 31.1. The molecule has 0 radical (unpaired) electrons. The number of benzene rings is 4. The Balaban J connectivity index is 1.19. The number of rotatable bonds is 14. The number of methoxy groups -OCH3 is 2. The van der Waals surface area contributed by atoms with Gasteiger partial charge in [0.1, 0.15) is 22.2 Å². The van der Waals surface area contributed by atoms with Gasteiger partial charge in [-0.05, 0) is 41.7 Å². The highest BCUT2D eigenvalue weighted by molar-refractivity contribution is 7.09. The van der Waals surface area contributed by atoms with E-state index in [1.165, 1.54) is 22.3 Å². The molecule has 2 N–H and O–H groups in total. The van der Waals surface area contributed by atoms with Crippen molar-refractivity contribution in [3.8, 4) is 11.5 Å². The number of carbonyl (C=O) groups excluding carboxylic acids is 1. The molecule has 1 atom stereocenters. The van der Waals surface area contributed by atoms with Gasteiger partial charge in [-0.15, -0.1) is 11.3 Å². The zero-order chi connectivity index (χ0) is 31.7. The van der Waals surface area contributed by atoms with Crippen molar-refractivity contribution in [2.45, 2.75) is 32.0 Å². The van der Waals surface area contributed by atoms with Gasteiger partial charge in [0.2, 0.25) is 0 Å². The van der Waals surface area contributed by atoms with Gasteiger partial charge in [-0.1, -0.05) is 84.9 Å². The van der Waals surface area contributed by atoms with Gasteiger partial charge in [0.25, 0.3) is 5.91 Å². The number of aromatic amines is 1. The largest absolute Gasteiger partial charge is 0.497 e. The maximum atomic E-state index is 13.5. The zero-order valence-electron chi connectivity index (χ0n) is 26.1. The quantitative estimate of drug-likeness (QED) is 0.130. The minimum Gasteiger partial charge on any atom is -0.497 e. The van der Waals surface area contributed by atoms with E-state index in [4.69, 9.17) is 14.5 Å². The van der Waals surface area contributed by atoms with Crippen LogP contribution in [0.15, 0.2) is 115 Å². The number of carbonyl (C=O) groups is 1. The lowest BCUT2D eigenvalue weighted by Gasteiger charge is -2.23. The summed E-state index contributed by atoms with van der Waals surface area (Å²) in [5.74, 6) is 1.36. The van der Waals surface area contributed by atoms with Crippen LogP contribution in [0.2, 0.25) is 0 Å². The van der Waals surface area contributed by atoms with Crippen molar-refractivity contribution in [1.82, 2.24) is 20.2 Å². The fourth-order valence-electron chi connectivity index (χ4n) is 5.75. The topological polar surface area (TPSA) is 79.5 Å². The maximum Gasteiger partial charge on any atom is 0.271 e. The highest BCUT2D eigenvalue weighted by atomic mass is 32.1. The van der Waals surface area contributed by atoms with Crippen molar-refractivity contribution < 1.29 is 14.3 Å². The van der Waals surface area contributed by atoms with Gasteiger partial charge in [0.15, 0.2) is 0 Å². The van der Waals surface area contributed by atoms with E-state index >= 15 is 0 Å². The highest BCUT2D eigenvalue weighted by Gasteiger charge is 2.20. The standard InChI is InChI=1S/C38H38N4O3S/c1-44-31-18-17-30(36(22-31)45-2)24-42(20-19-29-23-39-33-16-10-9-15-32(29)33)25-37-40-35(26-46-37)38(43)41-34(28-13-7-4-8-14-28)21-27-11-5-3-6-12-27/h3-18,22-23,26,34,39H,19-21,24-25H2,1-2H3,(H,41,43). The molecule has 0 fully saturated rings. The predicted octanol–water partition coefficient (Wildman–Crippen LogP) is 7.60. The average molecular weight is 631 g/mol. The Bertz CT molecular complexity index is 1870. The number of nitrogens with one attached hydrogen (secondary N) is 2. The molecule has 1 amide bonds. The van der Waals surface area contributed by atoms with Gasteiger partial charge < -0.3 is 19.8 Å². The first-order valence-corrected chi connectivity index (χ1v) is 16.3. The number of hydrogen-bond donors (Lipinski definition) is 2. The molecule has 4 aromatic carbocycles. The molecule has 0 aliphatic rings. The number of H-pyrrole nitrogens is 1. The normalized spacial score (nSPS) is 11.9. The van der Waals surface area contributed by atoms with Crippen LogP contribution in [0, 0.1) is 0 Å². The molecule has 6 aromatic rings. The summed E-state index contributed by atoms with van der Waals surface area (Å²) >= 11 is 1.51. The number of amides is 1. The minimum absolute atomic E-state index is 0.170. The zero-order valence-corrected chi connectivity index (χ0v) is 26.9. The van der Waals surface area contributed by atoms with Crippen molar-refractivity contribution in [3.05, 3.63) is 148 Å². The number of thiazole rings is 1. The van der Waals surface area contributed by atoms with Gasteiger partial charge in [-0.3, -0.25) is 9.69 Å². The molecule has 6 rings (SSSR count). The predicted molar refractivity (Wildman–Crippen MR) is 185 cm³/mol. The number of hydrogen-bond acceptors (Lipinski definition) is 6. The van der Waals surface area contributed by atoms with Crippen molar-refractivity contribution in [3.63, 3.8) is 0 Å². The van der Waals surface area contributed by atoms with Crippen molar-refractivity contribution >= 4 is 28.1 Å². The molecule has 0 aliphatic heterocycles. The average Bonchev–Trinajstić information content (AvgIpc) is 3.75. The maximum absolute atomic E-state index is 13.5. The highest BCUT2D eigenvalue weighted by Crippen LogP contribution is 2.27. The summed E-state index contributed by atoms with van der Waals surface area (Å²) in [6.07, 6.45) is 3.65. The molecule has 7 nitrogen and oxygen atoms in total. The van der Waals surface area contributed by atoms with E-state index in [1.54, 1.807) is 14.2 Å². The Morgan fingerprint density at radius 1 is 0.891 bits per heavy atom. The molecule has 8 heteroatoms. The van der Waals surface area contributed by atoms with Gasteiger partial charge >= 0.3 is 0 Å². The third-order valence-corrected chi connectivity index (χ3v) is 9.03. The number of para-hydroxylation sites is 1. The molecular weight excluding hydrogens is 593 g/mol. The van der Waals surface area contributed by atoms with Crippen LogP contribution in [0.25, 0.3) is 10.9 Å². The molecule has 0 saturated heterocycles. The molecule has 0 saturated carbocycles. The van der Waals surface area contributed by atoms with Crippen molar-refractivity contribution in [2.24, 2.45) is 0 Å². The lowest BCUT2D eigenvalue weighted by atomic mass is 9.99. The van der Waals surface area contributed by atoms with E-state index in [-0.39, 0.29) is 11.9 Å². The number of fused-ring (bicyclic) bond motifs is 1. The van der Waals surface area contributed by atoms with E-state index in [0.717, 1.165) is 51.7 Å². The van der Waals surface area contributed by atoms with Gasteiger partial charge in [0.05, 0.1) is 26.8 Å². The van der Waals surface area contributed by atoms with Crippen LogP contribution in [0.1, 0.15) is 43.8 Å². The van der Waals surface area contributed by atoms with Gasteiger partial charge in [-0.25, -0.2) is 4.98 Å². The molecule has 0 aliphatic carbocycles. The van der Waals surface area contributed by atoms with E-state index in [1.807, 2.05) is 66.0 Å². The van der Waals surface area contributed by atoms with E-state index in [9.17, 15) is 4.79 Å². The fourth-order valence-corrected chi connectivity index (χ4v) is 6.57. The van der Waals surface area contributed by atoms with E-state index in [2.05, 4.69) is 63.9 Å². The SMILES string of the molecule is COc1ccc(CN(CCc2c[nH]c3ccccc23)Cc2nc(C(=O)NC(Cc3ccccc3)c3ccccc3)cs2)c(OC)c1. The van der Waals surface area contributed by atoms with Gasteiger partial charge in [-0.2, -0.15) is 0 Å². The van der Waals surface area contributed by atoms with Crippen molar-refractivity contribution in [2.75, 3.05) is 20.8 Å². The van der Waals surface area contributed by atoms with Gasteiger partial charge in [0, 0.05) is 47.2 Å². The van der Waals surface area contributed by atoms with E-state index < -0.39 is 0 Å². The van der Waals surface area contributed by atoms with E-state index in [0.29, 0.717) is 25.2 Å². The molecule has 2 heterocycles. The van der Waals surface area contributed by atoms with Crippen LogP contribution in [0.3, 0.4) is 0 Å². The summed E-state index contributed by atoms with van der Waals surface area (Å²) in [4.78, 5) is 24.1. The monoisotopic (exact) mass is 630 g/mol. The van der Waals surface area contributed by atoms with Crippen LogP contribution in [-0.4, -0.2) is 41.5 Å². The molecular formula is C38H38N4O3S. The van der Waals surface area contributed by atoms with Crippen LogP contribution in [-0.2, 0) is 25.9 Å². The second-order valence-corrected chi connectivity index (χ2v) is 12.2. The lowest BCUT2D eigenvalue weighted by molar-refractivity contribution is 0.0931. The smallest absolute Gasteiger partial charge is 0.271 e. The Labute approximate surface area is 273 Å². The Morgan fingerprint density at radius 2 is 1.65 bits per heavy atom. The molecule has 46 heavy (non-hydrogen) atoms. The fraction of sp³-hybridized carbons (Fsp3) is 0.211. The lowest BCUT2D eigenvalue weighted by Crippen LogP contribution is -2.30. The Kier molecular flexibility index (Phi) is 10.1. The van der Waals surface area contributed by atoms with Crippen LogP contribution in [0.5, 0.6) is 11.5 Å². The number of nitrogens with zero attached hydrogens (tertiary/aromatic N) is 2. The third kappa shape index (κ3) is 7.65. The summed E-state index contributed by atoms with van der Waals surface area (Å²) in [6.45, 7) is 2.05. The summed E-state index contributed by atoms with van der Waals surface area (Å²) in [6, 6.07) is 34.5. The molecule has 234 valence electrons. The minimum atomic E-state index is -0.172. The first-order chi connectivity index (χ1) is 22.6. The Morgan fingerprint density at radius 3 is 2.43 bits per heavy atom. The summed E-state index contributed by atoms with van der Waals surface area (Å²) in [5.41, 5.74) is 6.13. The number of aromatic nitrogens is 2. The van der Waals surface area contributed by atoms with Crippen molar-refractivity contribution in [1.29, 1.82) is 0 Å². The summed E-state index contributed by atoms with van der Waals surface area (Å²) < 4.78 is 11.1. The second-order valence-electron chi connectivity index (χ2n) is 11.3. The van der Waals surface area contributed by atoms with Crippen LogP contribution in [0.4, 0.5) is 0 Å². The third-order valence-electron chi connectivity index (χ3n) is 8.19. The second kappa shape index (κ2) is 14.9. The first-order valence-electron chi connectivity index (χ1n) is 15.4. The Hall–Kier alpha value is -4.92. The molecule has 0 bridgehead atoms. The number of ether oxygens (including phenoxy) is 2. The molecule has 1 unspecified atom stereocenters.